The quantitative estimate of drug-likeness (QED) is 0.799. The first-order valence-corrected chi connectivity index (χ1v) is 8.44. The zero-order valence-electron chi connectivity index (χ0n) is 15.0. The number of aryl methyl sites for hydroxylation is 1. The number of aromatic nitrogens is 2. The number of hydrogen-bond donors (Lipinski definition) is 0. The van der Waals surface area contributed by atoms with E-state index < -0.39 is 23.1 Å². The Morgan fingerprint density at radius 3 is 2.37 bits per heavy atom. The Labute approximate surface area is 153 Å². The molecule has 0 bridgehead atoms. The first-order chi connectivity index (χ1) is 12.7. The highest BCUT2D eigenvalue weighted by molar-refractivity contribution is 5.92. The van der Waals surface area contributed by atoms with Gasteiger partial charge in [-0.3, -0.25) is 9.59 Å². The average molecular weight is 380 g/mol. The van der Waals surface area contributed by atoms with Crippen LogP contribution in [0.15, 0.2) is 35.1 Å². The minimum Gasteiger partial charge on any atom is -0.335 e. The SMILES string of the molecule is Cc1cc(=O)c(C(=O)N2CCN(C)CC2)nn1-c1ccccc1C(F)(F)F. The second-order valence-electron chi connectivity index (χ2n) is 6.52. The minimum absolute atomic E-state index is 0.214. The summed E-state index contributed by atoms with van der Waals surface area (Å²) in [6.07, 6.45) is -4.59. The van der Waals surface area contributed by atoms with Crippen molar-refractivity contribution in [2.45, 2.75) is 13.1 Å². The van der Waals surface area contributed by atoms with Crippen molar-refractivity contribution in [1.82, 2.24) is 19.6 Å². The molecule has 0 spiro atoms. The number of benzene rings is 1. The minimum atomic E-state index is -4.59. The highest BCUT2D eigenvalue weighted by Crippen LogP contribution is 2.33. The molecule has 0 unspecified atom stereocenters. The molecule has 9 heteroatoms. The van der Waals surface area contributed by atoms with Gasteiger partial charge in [0.2, 0.25) is 5.43 Å². The number of piperazine rings is 1. The number of nitrogens with zero attached hydrogens (tertiary/aromatic N) is 4. The molecule has 0 N–H and O–H groups in total. The molecule has 1 fully saturated rings. The van der Waals surface area contributed by atoms with Crippen LogP contribution in [0.1, 0.15) is 21.7 Å². The lowest BCUT2D eigenvalue weighted by atomic mass is 10.1. The Kier molecular flexibility index (Phi) is 5.05. The van der Waals surface area contributed by atoms with Crippen molar-refractivity contribution < 1.29 is 18.0 Å². The van der Waals surface area contributed by atoms with Crippen molar-refractivity contribution in [3.63, 3.8) is 0 Å². The molecule has 2 heterocycles. The van der Waals surface area contributed by atoms with Gasteiger partial charge in [-0.2, -0.15) is 18.3 Å². The fraction of sp³-hybridized carbons (Fsp3) is 0.389. The van der Waals surface area contributed by atoms with E-state index in [1.807, 2.05) is 11.9 Å². The van der Waals surface area contributed by atoms with Crippen LogP contribution >= 0.6 is 0 Å². The van der Waals surface area contributed by atoms with Gasteiger partial charge < -0.3 is 9.80 Å². The molecule has 0 atom stereocenters. The number of likely N-dealkylation sites (N-methyl/N-ethyl adjacent to an activating group) is 1. The highest BCUT2D eigenvalue weighted by atomic mass is 19.4. The second kappa shape index (κ2) is 7.15. The first-order valence-electron chi connectivity index (χ1n) is 8.44. The van der Waals surface area contributed by atoms with E-state index in [9.17, 15) is 22.8 Å². The molecule has 2 aromatic rings. The lowest BCUT2D eigenvalue weighted by Crippen LogP contribution is -2.48. The maximum atomic E-state index is 13.3. The number of para-hydroxylation sites is 1. The molecule has 1 aliphatic heterocycles. The number of carbonyl (C=O) groups excluding carboxylic acids is 1. The summed E-state index contributed by atoms with van der Waals surface area (Å²) in [5.41, 5.74) is -1.87. The predicted molar refractivity (Wildman–Crippen MR) is 93.0 cm³/mol. The zero-order chi connectivity index (χ0) is 19.8. The van der Waals surface area contributed by atoms with E-state index in [4.69, 9.17) is 0 Å². The Morgan fingerprint density at radius 2 is 1.74 bits per heavy atom. The van der Waals surface area contributed by atoms with Gasteiger partial charge in [0.05, 0.1) is 11.3 Å². The van der Waals surface area contributed by atoms with Gasteiger partial charge in [0.25, 0.3) is 5.91 Å². The summed E-state index contributed by atoms with van der Waals surface area (Å²) in [5, 5.41) is 4.01. The lowest BCUT2D eigenvalue weighted by molar-refractivity contribution is -0.137. The predicted octanol–water partition coefficient (Wildman–Crippen LogP) is 1.95. The number of halogens is 3. The molecule has 0 saturated carbocycles. The molecule has 3 rings (SSSR count). The van der Waals surface area contributed by atoms with Gasteiger partial charge in [-0.05, 0) is 26.1 Å². The van der Waals surface area contributed by atoms with Crippen molar-refractivity contribution in [2.75, 3.05) is 33.2 Å². The summed E-state index contributed by atoms with van der Waals surface area (Å²) >= 11 is 0. The Balaban J connectivity index is 2.06. The molecule has 1 amide bonds. The molecule has 27 heavy (non-hydrogen) atoms. The summed E-state index contributed by atoms with van der Waals surface area (Å²) in [6.45, 7) is 3.66. The third kappa shape index (κ3) is 3.87. The van der Waals surface area contributed by atoms with Crippen LogP contribution < -0.4 is 5.43 Å². The molecule has 1 aliphatic rings. The van der Waals surface area contributed by atoms with Crippen LogP contribution in [0.5, 0.6) is 0 Å². The fourth-order valence-corrected chi connectivity index (χ4v) is 3.00. The molecular formula is C18H19F3N4O2. The second-order valence-corrected chi connectivity index (χ2v) is 6.52. The van der Waals surface area contributed by atoms with Crippen molar-refractivity contribution in [1.29, 1.82) is 0 Å². The van der Waals surface area contributed by atoms with E-state index >= 15 is 0 Å². The highest BCUT2D eigenvalue weighted by Gasteiger charge is 2.34. The number of amides is 1. The maximum Gasteiger partial charge on any atom is 0.418 e. The average Bonchev–Trinajstić information content (AvgIpc) is 2.61. The summed E-state index contributed by atoms with van der Waals surface area (Å²) in [4.78, 5) is 28.6. The largest absolute Gasteiger partial charge is 0.418 e. The number of carbonyl (C=O) groups is 1. The summed E-state index contributed by atoms with van der Waals surface area (Å²) in [6, 6.07) is 6.07. The maximum absolute atomic E-state index is 13.3. The molecule has 1 aromatic carbocycles. The Bertz CT molecular complexity index is 916. The zero-order valence-corrected chi connectivity index (χ0v) is 15.0. The number of alkyl halides is 3. The molecule has 0 radical (unpaired) electrons. The van der Waals surface area contributed by atoms with Crippen molar-refractivity contribution in [3.05, 3.63) is 57.5 Å². The van der Waals surface area contributed by atoms with E-state index in [1.54, 1.807) is 0 Å². The van der Waals surface area contributed by atoms with Crippen LogP contribution in [0.4, 0.5) is 13.2 Å². The van der Waals surface area contributed by atoms with Gasteiger partial charge >= 0.3 is 6.18 Å². The summed E-state index contributed by atoms with van der Waals surface area (Å²) in [5.74, 6) is -0.564. The van der Waals surface area contributed by atoms with Gasteiger partial charge in [-0.1, -0.05) is 12.1 Å². The van der Waals surface area contributed by atoms with Gasteiger partial charge in [0.1, 0.15) is 0 Å². The Morgan fingerprint density at radius 1 is 1.11 bits per heavy atom. The van der Waals surface area contributed by atoms with Crippen LogP contribution in [-0.4, -0.2) is 58.7 Å². The number of rotatable bonds is 2. The van der Waals surface area contributed by atoms with Gasteiger partial charge in [-0.25, -0.2) is 4.68 Å². The van der Waals surface area contributed by atoms with Crippen LogP contribution in [-0.2, 0) is 6.18 Å². The topological polar surface area (TPSA) is 58.4 Å². The smallest absolute Gasteiger partial charge is 0.335 e. The van der Waals surface area contributed by atoms with E-state index in [1.165, 1.54) is 30.0 Å². The summed E-state index contributed by atoms with van der Waals surface area (Å²) in [7, 11) is 1.92. The molecule has 0 aliphatic carbocycles. The molecule has 1 aromatic heterocycles. The normalized spacial score (nSPS) is 15.8. The van der Waals surface area contributed by atoms with Gasteiger partial charge in [0.15, 0.2) is 5.69 Å². The van der Waals surface area contributed by atoms with Crippen molar-refractivity contribution >= 4 is 5.91 Å². The third-order valence-electron chi connectivity index (χ3n) is 4.54. The first kappa shape index (κ1) is 19.1. The molecule has 144 valence electrons. The molecular weight excluding hydrogens is 361 g/mol. The van der Waals surface area contributed by atoms with Crippen LogP contribution in [0.3, 0.4) is 0 Å². The molecule has 1 saturated heterocycles. The van der Waals surface area contributed by atoms with Crippen molar-refractivity contribution in [3.8, 4) is 5.69 Å². The third-order valence-corrected chi connectivity index (χ3v) is 4.54. The van der Waals surface area contributed by atoms with Crippen LogP contribution in [0.25, 0.3) is 5.69 Å². The van der Waals surface area contributed by atoms with E-state index in [0.29, 0.717) is 26.2 Å². The van der Waals surface area contributed by atoms with Crippen molar-refractivity contribution in [2.24, 2.45) is 0 Å². The fourth-order valence-electron chi connectivity index (χ4n) is 3.00. The molecule has 6 nitrogen and oxygen atoms in total. The van der Waals surface area contributed by atoms with E-state index in [0.717, 1.165) is 16.8 Å². The van der Waals surface area contributed by atoms with E-state index in [-0.39, 0.29) is 17.1 Å². The van der Waals surface area contributed by atoms with Crippen LogP contribution in [0.2, 0.25) is 0 Å². The van der Waals surface area contributed by atoms with Crippen LogP contribution in [0, 0.1) is 6.92 Å². The lowest BCUT2D eigenvalue weighted by Gasteiger charge is -2.32. The van der Waals surface area contributed by atoms with E-state index in [2.05, 4.69) is 5.10 Å². The van der Waals surface area contributed by atoms with Gasteiger partial charge in [-0.15, -0.1) is 0 Å². The number of hydrogen-bond acceptors (Lipinski definition) is 4. The van der Waals surface area contributed by atoms with Gasteiger partial charge in [0, 0.05) is 37.9 Å². The Hall–Kier alpha value is -2.68. The monoisotopic (exact) mass is 380 g/mol. The summed E-state index contributed by atoms with van der Waals surface area (Å²) < 4.78 is 41.1. The standard InChI is InChI=1S/C18H19F3N4O2/c1-12-11-15(26)16(17(27)24-9-7-23(2)8-10-24)22-25(12)14-6-4-3-5-13(14)18(19,20)21/h3-6,11H,7-10H2,1-2H3.